The number of likely N-dealkylation sites (tertiary alicyclic amines) is 1. The zero-order valence-corrected chi connectivity index (χ0v) is 18.7. The summed E-state index contributed by atoms with van der Waals surface area (Å²) in [7, 11) is 2.15. The van der Waals surface area contributed by atoms with E-state index in [1.807, 2.05) is 29.2 Å². The fraction of sp³-hybridized carbons (Fsp3) is 0.522. The van der Waals surface area contributed by atoms with Gasteiger partial charge in [0.15, 0.2) is 6.34 Å². The van der Waals surface area contributed by atoms with Crippen LogP contribution in [0.15, 0.2) is 50.9 Å². The minimum Gasteiger partial charge on any atom is -0.456 e. The first-order valence-electron chi connectivity index (χ1n) is 11.0. The molecule has 0 unspecified atom stereocenters. The number of carbonyl (C=O) groups is 2. The molecular weight excluding hydrogens is 408 g/mol. The van der Waals surface area contributed by atoms with Crippen LogP contribution in [0.1, 0.15) is 44.6 Å². The van der Waals surface area contributed by atoms with Gasteiger partial charge < -0.3 is 15.5 Å². The van der Waals surface area contributed by atoms with Gasteiger partial charge in [0.05, 0.1) is 22.4 Å². The molecule has 32 heavy (non-hydrogen) atoms. The van der Waals surface area contributed by atoms with Crippen molar-refractivity contribution in [1.29, 1.82) is 0 Å². The third kappa shape index (κ3) is 4.29. The van der Waals surface area contributed by atoms with E-state index in [1.54, 1.807) is 6.92 Å². The molecule has 9 nitrogen and oxygen atoms in total. The van der Waals surface area contributed by atoms with Crippen LogP contribution in [-0.4, -0.2) is 54.3 Å². The fourth-order valence-corrected chi connectivity index (χ4v) is 5.09. The molecule has 0 radical (unpaired) electrons. The molecular formula is C23H30N6O3. The molecule has 4 rings (SSSR count). The van der Waals surface area contributed by atoms with Gasteiger partial charge in [-0.2, -0.15) is 5.10 Å². The smallest absolute Gasteiger partial charge is 0.336 e. The van der Waals surface area contributed by atoms with Crippen molar-refractivity contribution in [2.75, 3.05) is 20.2 Å². The number of esters is 1. The Morgan fingerprint density at radius 2 is 1.94 bits per heavy atom. The van der Waals surface area contributed by atoms with Crippen molar-refractivity contribution in [1.82, 2.24) is 9.80 Å². The Balaban J connectivity index is 1.32. The van der Waals surface area contributed by atoms with Crippen LogP contribution in [0.5, 0.6) is 0 Å². The Morgan fingerprint density at radius 3 is 2.56 bits per heavy atom. The van der Waals surface area contributed by atoms with Gasteiger partial charge in [-0.15, -0.1) is 10.2 Å². The lowest BCUT2D eigenvalue weighted by Gasteiger charge is -2.39. The number of rotatable bonds is 6. The number of benzene rings is 1. The lowest BCUT2D eigenvalue weighted by atomic mass is 9.71. The number of azo groups is 1. The van der Waals surface area contributed by atoms with Crippen LogP contribution >= 0.6 is 0 Å². The molecule has 2 aliphatic heterocycles. The minimum atomic E-state index is -0.306. The summed E-state index contributed by atoms with van der Waals surface area (Å²) in [6.07, 6.45) is 5.83. The lowest BCUT2D eigenvalue weighted by Crippen LogP contribution is -2.42. The van der Waals surface area contributed by atoms with E-state index >= 15 is 0 Å². The minimum absolute atomic E-state index is 0.177. The van der Waals surface area contributed by atoms with E-state index < -0.39 is 0 Å². The number of nitrogens with two attached hydrogens (primary N) is 1. The highest BCUT2D eigenvalue weighted by molar-refractivity contribution is 5.94. The van der Waals surface area contributed by atoms with Gasteiger partial charge in [0.25, 0.3) is 0 Å². The van der Waals surface area contributed by atoms with Crippen molar-refractivity contribution in [3.05, 3.63) is 41.1 Å². The van der Waals surface area contributed by atoms with Crippen molar-refractivity contribution in [3.8, 4) is 0 Å². The molecule has 2 fully saturated rings. The highest BCUT2D eigenvalue weighted by Crippen LogP contribution is 2.47. The third-order valence-corrected chi connectivity index (χ3v) is 7.11. The molecule has 1 aliphatic carbocycles. The summed E-state index contributed by atoms with van der Waals surface area (Å²) in [5.41, 5.74) is 3.00. The average Bonchev–Trinajstić information content (AvgIpc) is 3.29. The first-order chi connectivity index (χ1) is 15.4. The summed E-state index contributed by atoms with van der Waals surface area (Å²) in [6.45, 7) is 3.49. The predicted molar refractivity (Wildman–Crippen MR) is 120 cm³/mol. The second-order valence-corrected chi connectivity index (χ2v) is 8.93. The molecule has 1 spiro atoms. The first kappa shape index (κ1) is 22.1. The Labute approximate surface area is 188 Å². The Morgan fingerprint density at radius 1 is 1.22 bits per heavy atom. The summed E-state index contributed by atoms with van der Waals surface area (Å²) in [6, 6.07) is 8.39. The number of hydrazone groups is 1. The van der Waals surface area contributed by atoms with Crippen LogP contribution in [0.25, 0.3) is 0 Å². The van der Waals surface area contributed by atoms with Crippen LogP contribution in [-0.2, 0) is 20.9 Å². The number of carbonyl (C=O) groups excluding carboxylic acids is 2. The van der Waals surface area contributed by atoms with Crippen molar-refractivity contribution >= 4 is 23.9 Å². The summed E-state index contributed by atoms with van der Waals surface area (Å²) >= 11 is 0. The van der Waals surface area contributed by atoms with Crippen LogP contribution < -0.4 is 5.84 Å². The number of ether oxygens (including phenoxy) is 1. The number of hydrogen-bond acceptors (Lipinski definition) is 7. The van der Waals surface area contributed by atoms with Crippen LogP contribution in [0.3, 0.4) is 0 Å². The van der Waals surface area contributed by atoms with Crippen molar-refractivity contribution < 1.29 is 14.3 Å². The molecule has 1 aromatic carbocycles. The summed E-state index contributed by atoms with van der Waals surface area (Å²) in [5.74, 6) is 4.87. The summed E-state index contributed by atoms with van der Waals surface area (Å²) in [5, 5.41) is 11.0. The Bertz CT molecular complexity index is 960. The topological polar surface area (TPSA) is 113 Å². The quantitative estimate of drug-likeness (QED) is 0.183. The zero-order chi connectivity index (χ0) is 22.7. The molecule has 2 heterocycles. The van der Waals surface area contributed by atoms with Crippen LogP contribution in [0, 0.1) is 5.41 Å². The average molecular weight is 439 g/mol. The Hall–Kier alpha value is -3.07. The van der Waals surface area contributed by atoms with E-state index in [0.29, 0.717) is 18.2 Å². The van der Waals surface area contributed by atoms with Crippen molar-refractivity contribution in [3.63, 3.8) is 0 Å². The van der Waals surface area contributed by atoms with Gasteiger partial charge in [-0.05, 0) is 63.8 Å². The SMILES string of the molecule is CC1=C(N2CCC3(CCC(N(C)Cc4ccc(N=NC=NN)cc4)CC3)C2=O)COC1=O. The lowest BCUT2D eigenvalue weighted by molar-refractivity contribution is -0.138. The third-order valence-electron chi connectivity index (χ3n) is 7.11. The summed E-state index contributed by atoms with van der Waals surface area (Å²) in [4.78, 5) is 29.2. The first-order valence-corrected chi connectivity index (χ1v) is 11.0. The normalized spacial score (nSPS) is 26.5. The van der Waals surface area contributed by atoms with E-state index in [1.165, 1.54) is 11.9 Å². The number of nitrogens with zero attached hydrogens (tertiary/aromatic N) is 5. The molecule has 1 aromatic rings. The van der Waals surface area contributed by atoms with E-state index in [2.05, 4.69) is 27.3 Å². The monoisotopic (exact) mass is 438 g/mol. The molecule has 2 N–H and O–H groups in total. The van der Waals surface area contributed by atoms with Gasteiger partial charge in [-0.1, -0.05) is 12.1 Å². The highest BCUT2D eigenvalue weighted by atomic mass is 16.5. The van der Waals surface area contributed by atoms with Crippen LogP contribution in [0.4, 0.5) is 5.69 Å². The van der Waals surface area contributed by atoms with Crippen molar-refractivity contribution in [2.45, 2.75) is 51.6 Å². The standard InChI is InChI=1S/C23H30N6O3/c1-16-20(14-32-21(16)30)29-12-11-23(22(29)31)9-7-19(8-10-23)28(2)13-17-3-5-18(6-4-17)27-26-15-25-24/h3-6,15,19H,7-14,24H2,1-2H3. The number of cyclic esters (lactones) is 1. The number of hydrogen-bond donors (Lipinski definition) is 1. The van der Waals surface area contributed by atoms with E-state index in [9.17, 15) is 9.59 Å². The fourth-order valence-electron chi connectivity index (χ4n) is 5.09. The van der Waals surface area contributed by atoms with Gasteiger partial charge >= 0.3 is 5.97 Å². The van der Waals surface area contributed by atoms with Gasteiger partial charge in [-0.25, -0.2) is 4.79 Å². The second-order valence-electron chi connectivity index (χ2n) is 8.93. The molecule has 9 heteroatoms. The number of amides is 1. The molecule has 170 valence electrons. The molecule has 1 amide bonds. The molecule has 0 aromatic heterocycles. The maximum Gasteiger partial charge on any atom is 0.336 e. The molecule has 0 atom stereocenters. The molecule has 0 bridgehead atoms. The molecule has 1 saturated heterocycles. The maximum absolute atomic E-state index is 13.3. The van der Waals surface area contributed by atoms with Gasteiger partial charge in [-0.3, -0.25) is 9.69 Å². The zero-order valence-electron chi connectivity index (χ0n) is 18.7. The van der Waals surface area contributed by atoms with Gasteiger partial charge in [0.2, 0.25) is 5.91 Å². The van der Waals surface area contributed by atoms with Gasteiger partial charge in [0.1, 0.15) is 6.61 Å². The maximum atomic E-state index is 13.3. The predicted octanol–water partition coefficient (Wildman–Crippen LogP) is 3.10. The Kier molecular flexibility index (Phi) is 6.36. The molecule has 1 saturated carbocycles. The van der Waals surface area contributed by atoms with E-state index in [4.69, 9.17) is 10.6 Å². The second kappa shape index (κ2) is 9.20. The highest BCUT2D eigenvalue weighted by Gasteiger charge is 2.50. The van der Waals surface area contributed by atoms with E-state index in [0.717, 1.165) is 50.0 Å². The van der Waals surface area contributed by atoms with E-state index in [-0.39, 0.29) is 23.9 Å². The summed E-state index contributed by atoms with van der Waals surface area (Å²) < 4.78 is 5.12. The van der Waals surface area contributed by atoms with Crippen LogP contribution in [0.2, 0.25) is 0 Å². The van der Waals surface area contributed by atoms with Gasteiger partial charge in [0, 0.05) is 19.1 Å². The largest absolute Gasteiger partial charge is 0.456 e. The molecule has 3 aliphatic rings. The van der Waals surface area contributed by atoms with Crippen molar-refractivity contribution in [2.24, 2.45) is 26.6 Å².